The number of rotatable bonds is 3. The minimum atomic E-state index is 0.359. The highest BCUT2D eigenvalue weighted by molar-refractivity contribution is 6.33. The highest BCUT2D eigenvalue weighted by atomic mass is 35.5. The van der Waals surface area contributed by atoms with Crippen LogP contribution in [0.25, 0.3) is 5.95 Å². The van der Waals surface area contributed by atoms with E-state index in [0.717, 1.165) is 0 Å². The van der Waals surface area contributed by atoms with E-state index in [9.17, 15) is 0 Å². The van der Waals surface area contributed by atoms with E-state index in [1.807, 2.05) is 6.07 Å². The van der Waals surface area contributed by atoms with Crippen LogP contribution in [0.1, 0.15) is 5.56 Å². The zero-order valence-electron chi connectivity index (χ0n) is 10.6. The molecule has 102 valence electrons. The van der Waals surface area contributed by atoms with Crippen molar-refractivity contribution < 1.29 is 0 Å². The lowest BCUT2D eigenvalue weighted by Crippen LogP contribution is -2.00. The SMILES string of the molecule is N#Cc1cnc(Nc2cnn(-c3ncccn3)c2)c(Cl)c1. The van der Waals surface area contributed by atoms with Crippen LogP contribution in [-0.2, 0) is 0 Å². The van der Waals surface area contributed by atoms with E-state index in [4.69, 9.17) is 16.9 Å². The summed E-state index contributed by atoms with van der Waals surface area (Å²) in [6.45, 7) is 0. The zero-order valence-corrected chi connectivity index (χ0v) is 11.4. The van der Waals surface area contributed by atoms with Gasteiger partial charge in [-0.1, -0.05) is 11.6 Å². The van der Waals surface area contributed by atoms with Gasteiger partial charge in [-0.05, 0) is 12.1 Å². The molecule has 0 aromatic carbocycles. The van der Waals surface area contributed by atoms with Crippen molar-refractivity contribution in [2.45, 2.75) is 0 Å². The van der Waals surface area contributed by atoms with Crippen LogP contribution in [0, 0.1) is 11.3 Å². The van der Waals surface area contributed by atoms with E-state index in [2.05, 4.69) is 25.4 Å². The maximum absolute atomic E-state index is 8.78. The number of nitriles is 1. The molecule has 1 N–H and O–H groups in total. The van der Waals surface area contributed by atoms with Crippen molar-refractivity contribution in [1.29, 1.82) is 5.26 Å². The van der Waals surface area contributed by atoms with Crippen LogP contribution in [0.15, 0.2) is 43.1 Å². The Morgan fingerprint density at radius 2 is 2.00 bits per heavy atom. The summed E-state index contributed by atoms with van der Waals surface area (Å²) >= 11 is 6.05. The summed E-state index contributed by atoms with van der Waals surface area (Å²) < 4.78 is 1.53. The van der Waals surface area contributed by atoms with Crippen molar-refractivity contribution in [1.82, 2.24) is 24.7 Å². The summed E-state index contributed by atoms with van der Waals surface area (Å²) in [5.41, 5.74) is 1.08. The van der Waals surface area contributed by atoms with Crippen molar-refractivity contribution in [3.05, 3.63) is 53.7 Å². The van der Waals surface area contributed by atoms with Gasteiger partial charge in [-0.2, -0.15) is 10.4 Å². The Balaban J connectivity index is 1.84. The topological polar surface area (TPSA) is 92.3 Å². The van der Waals surface area contributed by atoms with Crippen LogP contribution in [-0.4, -0.2) is 24.7 Å². The molecule has 0 atom stereocenters. The average Bonchev–Trinajstić information content (AvgIpc) is 2.99. The first kappa shape index (κ1) is 13.0. The number of pyridine rings is 1. The highest BCUT2D eigenvalue weighted by Crippen LogP contribution is 2.23. The first-order chi connectivity index (χ1) is 10.3. The second-order valence-electron chi connectivity index (χ2n) is 4.01. The fraction of sp³-hybridized carbons (Fsp3) is 0. The Bertz CT molecular complexity index is 807. The Morgan fingerprint density at radius 3 is 2.71 bits per heavy atom. The molecule has 7 nitrogen and oxygen atoms in total. The predicted molar refractivity (Wildman–Crippen MR) is 76.4 cm³/mol. The second-order valence-corrected chi connectivity index (χ2v) is 4.42. The first-order valence-corrected chi connectivity index (χ1v) is 6.29. The maximum Gasteiger partial charge on any atom is 0.250 e. The minimum absolute atomic E-state index is 0.359. The van der Waals surface area contributed by atoms with E-state index >= 15 is 0 Å². The molecule has 8 heteroatoms. The summed E-state index contributed by atoms with van der Waals surface area (Å²) in [5.74, 6) is 0.911. The van der Waals surface area contributed by atoms with Gasteiger partial charge in [-0.25, -0.2) is 19.6 Å². The normalized spacial score (nSPS) is 10.1. The molecule has 0 spiro atoms. The Hall–Kier alpha value is -2.98. The van der Waals surface area contributed by atoms with Gasteiger partial charge in [0.15, 0.2) is 0 Å². The molecule has 21 heavy (non-hydrogen) atoms. The standard InChI is InChI=1S/C13H8ClN7/c14-11-4-9(5-15)6-18-12(11)20-10-7-19-21(8-10)13-16-2-1-3-17-13/h1-4,6-8H,(H,18,20). The summed E-state index contributed by atoms with van der Waals surface area (Å²) in [5, 5.41) is 16.3. The molecule has 3 aromatic heterocycles. The zero-order chi connectivity index (χ0) is 14.7. The van der Waals surface area contributed by atoms with Crippen molar-refractivity contribution >= 4 is 23.1 Å². The number of hydrogen-bond acceptors (Lipinski definition) is 6. The van der Waals surface area contributed by atoms with Crippen molar-refractivity contribution in [3.8, 4) is 12.0 Å². The van der Waals surface area contributed by atoms with Crippen LogP contribution in [0.4, 0.5) is 11.5 Å². The van der Waals surface area contributed by atoms with Crippen LogP contribution >= 0.6 is 11.6 Å². The number of anilines is 2. The molecule has 0 saturated heterocycles. The fourth-order valence-corrected chi connectivity index (χ4v) is 1.85. The minimum Gasteiger partial charge on any atom is -0.336 e. The van der Waals surface area contributed by atoms with Gasteiger partial charge in [-0.3, -0.25) is 0 Å². The maximum atomic E-state index is 8.78. The summed E-state index contributed by atoms with van der Waals surface area (Å²) in [7, 11) is 0. The second kappa shape index (κ2) is 5.56. The number of nitrogens with zero attached hydrogens (tertiary/aromatic N) is 6. The average molecular weight is 298 g/mol. The van der Waals surface area contributed by atoms with E-state index < -0.39 is 0 Å². The van der Waals surface area contributed by atoms with Gasteiger partial charge < -0.3 is 5.32 Å². The number of halogens is 1. The molecule has 3 rings (SSSR count). The van der Waals surface area contributed by atoms with Crippen molar-refractivity contribution in [2.24, 2.45) is 0 Å². The molecule has 0 bridgehead atoms. The smallest absolute Gasteiger partial charge is 0.250 e. The van der Waals surface area contributed by atoms with E-state index in [1.165, 1.54) is 10.9 Å². The third-order valence-electron chi connectivity index (χ3n) is 2.57. The van der Waals surface area contributed by atoms with Crippen LogP contribution in [0.5, 0.6) is 0 Å². The lowest BCUT2D eigenvalue weighted by atomic mass is 10.3. The van der Waals surface area contributed by atoms with Crippen molar-refractivity contribution in [3.63, 3.8) is 0 Å². The summed E-state index contributed by atoms with van der Waals surface area (Å²) in [4.78, 5) is 12.3. The van der Waals surface area contributed by atoms with Gasteiger partial charge in [-0.15, -0.1) is 0 Å². The van der Waals surface area contributed by atoms with Crippen LogP contribution < -0.4 is 5.32 Å². The molecule has 0 unspecified atom stereocenters. The lowest BCUT2D eigenvalue weighted by molar-refractivity contribution is 0.808. The van der Waals surface area contributed by atoms with Gasteiger partial charge in [0.2, 0.25) is 5.95 Å². The van der Waals surface area contributed by atoms with Gasteiger partial charge >= 0.3 is 0 Å². The fourth-order valence-electron chi connectivity index (χ4n) is 1.63. The van der Waals surface area contributed by atoms with Gasteiger partial charge in [0, 0.05) is 18.6 Å². The van der Waals surface area contributed by atoms with Crippen LogP contribution in [0.3, 0.4) is 0 Å². The molecule has 0 aliphatic heterocycles. The highest BCUT2D eigenvalue weighted by Gasteiger charge is 2.07. The molecule has 0 radical (unpaired) electrons. The lowest BCUT2D eigenvalue weighted by Gasteiger charge is -2.04. The van der Waals surface area contributed by atoms with Gasteiger partial charge in [0.1, 0.15) is 11.9 Å². The molecule has 0 saturated carbocycles. The van der Waals surface area contributed by atoms with Crippen molar-refractivity contribution in [2.75, 3.05) is 5.32 Å². The molecule has 0 fully saturated rings. The molecular weight excluding hydrogens is 290 g/mol. The Morgan fingerprint density at radius 1 is 1.19 bits per heavy atom. The Labute approximate surface area is 124 Å². The number of nitrogens with one attached hydrogen (secondary N) is 1. The first-order valence-electron chi connectivity index (χ1n) is 5.91. The van der Waals surface area contributed by atoms with E-state index in [-0.39, 0.29) is 0 Å². The number of hydrogen-bond donors (Lipinski definition) is 1. The van der Waals surface area contributed by atoms with E-state index in [0.29, 0.717) is 28.0 Å². The number of aromatic nitrogens is 5. The summed E-state index contributed by atoms with van der Waals surface area (Å²) in [6.07, 6.45) is 8.03. The monoisotopic (exact) mass is 297 g/mol. The molecule has 0 amide bonds. The molecule has 3 aromatic rings. The largest absolute Gasteiger partial charge is 0.336 e. The predicted octanol–water partition coefficient (Wildman–Crippen LogP) is 2.33. The molecular formula is C13H8ClN7. The van der Waals surface area contributed by atoms with Crippen LogP contribution in [0.2, 0.25) is 5.02 Å². The molecule has 0 aliphatic carbocycles. The summed E-state index contributed by atoms with van der Waals surface area (Å²) in [6, 6.07) is 5.25. The third kappa shape index (κ3) is 2.80. The Kier molecular flexibility index (Phi) is 3.45. The molecule has 3 heterocycles. The van der Waals surface area contributed by atoms with Gasteiger partial charge in [0.05, 0.1) is 28.7 Å². The van der Waals surface area contributed by atoms with E-state index in [1.54, 1.807) is 36.9 Å². The van der Waals surface area contributed by atoms with Gasteiger partial charge in [0.25, 0.3) is 0 Å². The third-order valence-corrected chi connectivity index (χ3v) is 2.86. The molecule has 0 aliphatic rings. The quantitative estimate of drug-likeness (QED) is 0.797.